The van der Waals surface area contributed by atoms with Crippen molar-refractivity contribution in [2.45, 2.75) is 19.3 Å². The summed E-state index contributed by atoms with van der Waals surface area (Å²) in [6, 6.07) is 54.5. The number of rotatable bonds is 3. The van der Waals surface area contributed by atoms with Gasteiger partial charge in [-0.25, -0.2) is 9.97 Å². The summed E-state index contributed by atoms with van der Waals surface area (Å²) in [7, 11) is 0. The van der Waals surface area contributed by atoms with Crippen LogP contribution in [0.3, 0.4) is 0 Å². The van der Waals surface area contributed by atoms with Crippen LogP contribution in [-0.4, -0.2) is 14.5 Å². The van der Waals surface area contributed by atoms with Gasteiger partial charge in [0.15, 0.2) is 5.82 Å². The first-order valence-corrected chi connectivity index (χ1v) is 18.3. The Morgan fingerprint density at radius 3 is 2.18 bits per heavy atom. The second-order valence-corrected chi connectivity index (χ2v) is 15.2. The summed E-state index contributed by atoms with van der Waals surface area (Å²) in [5, 5.41) is 6.37. The number of fused-ring (bicyclic) bond motifs is 13. The summed E-state index contributed by atoms with van der Waals surface area (Å²) in [6.45, 7) is 4.82. The van der Waals surface area contributed by atoms with Crippen molar-refractivity contribution in [2.24, 2.45) is 0 Å². The Balaban J connectivity index is 1.25. The molecule has 0 atom stereocenters. The molecule has 3 aromatic heterocycles. The van der Waals surface area contributed by atoms with Gasteiger partial charge in [-0.3, -0.25) is 0 Å². The van der Waals surface area contributed by atoms with E-state index in [9.17, 15) is 0 Å². The van der Waals surface area contributed by atoms with E-state index in [1.807, 2.05) is 17.4 Å². The zero-order valence-electron chi connectivity index (χ0n) is 28.2. The highest BCUT2D eigenvalue weighted by molar-refractivity contribution is 7.26. The van der Waals surface area contributed by atoms with Crippen LogP contribution in [0.2, 0.25) is 0 Å². The fourth-order valence-corrected chi connectivity index (χ4v) is 10.0. The van der Waals surface area contributed by atoms with Crippen LogP contribution in [0.4, 0.5) is 0 Å². The summed E-state index contributed by atoms with van der Waals surface area (Å²) >= 11 is 1.91. The fourth-order valence-electron chi connectivity index (χ4n) is 8.77. The Hall–Kier alpha value is -6.10. The SMILES string of the molecule is CC1(C)c2ccccc2-c2c1c1c3ccccc3n(-c3cccc(-c4nc(-c5ccccc5)c5ccccc5n4)c3)c1c1sc3ccccc3c21. The van der Waals surface area contributed by atoms with Crippen LogP contribution in [0.15, 0.2) is 152 Å². The summed E-state index contributed by atoms with van der Waals surface area (Å²) in [6.07, 6.45) is 0. The van der Waals surface area contributed by atoms with Crippen LogP contribution >= 0.6 is 11.3 Å². The van der Waals surface area contributed by atoms with Gasteiger partial charge in [0.2, 0.25) is 0 Å². The van der Waals surface area contributed by atoms with Crippen molar-refractivity contribution >= 4 is 64.2 Å². The van der Waals surface area contributed by atoms with Crippen molar-refractivity contribution in [3.05, 3.63) is 163 Å². The van der Waals surface area contributed by atoms with Crippen molar-refractivity contribution < 1.29 is 0 Å². The summed E-state index contributed by atoms with van der Waals surface area (Å²) < 4.78 is 5.14. The molecular formula is C47H31N3S. The lowest BCUT2D eigenvalue weighted by molar-refractivity contribution is 0.667. The number of benzene rings is 7. The van der Waals surface area contributed by atoms with E-state index < -0.39 is 0 Å². The molecule has 0 aliphatic heterocycles. The molecule has 0 unspecified atom stereocenters. The molecule has 11 rings (SSSR count). The third-order valence-electron chi connectivity index (χ3n) is 10.9. The lowest BCUT2D eigenvalue weighted by atomic mass is 9.80. The topological polar surface area (TPSA) is 30.7 Å². The smallest absolute Gasteiger partial charge is 0.160 e. The van der Waals surface area contributed by atoms with Gasteiger partial charge in [-0.2, -0.15) is 0 Å². The molecule has 240 valence electrons. The van der Waals surface area contributed by atoms with E-state index in [0.29, 0.717) is 0 Å². The number of hydrogen-bond acceptors (Lipinski definition) is 3. The van der Waals surface area contributed by atoms with Crippen LogP contribution in [-0.2, 0) is 5.41 Å². The number of para-hydroxylation sites is 2. The highest BCUT2D eigenvalue weighted by Crippen LogP contribution is 2.58. The molecule has 1 aliphatic rings. The normalized spacial score (nSPS) is 13.5. The fraction of sp³-hybridized carbons (Fsp3) is 0.0638. The van der Waals surface area contributed by atoms with Gasteiger partial charge in [0.25, 0.3) is 0 Å². The second kappa shape index (κ2) is 10.5. The van der Waals surface area contributed by atoms with Gasteiger partial charge >= 0.3 is 0 Å². The van der Waals surface area contributed by atoms with Crippen LogP contribution < -0.4 is 0 Å². The average Bonchev–Trinajstić information content (AvgIpc) is 3.81. The predicted octanol–water partition coefficient (Wildman–Crippen LogP) is 12.7. The molecule has 7 aromatic carbocycles. The maximum absolute atomic E-state index is 5.24. The van der Waals surface area contributed by atoms with E-state index in [4.69, 9.17) is 9.97 Å². The first-order valence-electron chi connectivity index (χ1n) is 17.5. The van der Waals surface area contributed by atoms with Gasteiger partial charge in [0.05, 0.1) is 26.9 Å². The molecular weight excluding hydrogens is 639 g/mol. The predicted molar refractivity (Wildman–Crippen MR) is 215 cm³/mol. The van der Waals surface area contributed by atoms with E-state index in [1.165, 1.54) is 64.2 Å². The lowest BCUT2D eigenvalue weighted by Crippen LogP contribution is -2.15. The van der Waals surface area contributed by atoms with Gasteiger partial charge in [0.1, 0.15) is 0 Å². The third kappa shape index (κ3) is 3.94. The molecule has 0 N–H and O–H groups in total. The minimum absolute atomic E-state index is 0.176. The Morgan fingerprint density at radius 2 is 1.29 bits per heavy atom. The zero-order valence-corrected chi connectivity index (χ0v) is 29.0. The van der Waals surface area contributed by atoms with Crippen molar-refractivity contribution in [3.63, 3.8) is 0 Å². The second-order valence-electron chi connectivity index (χ2n) is 14.1. The molecule has 0 fully saturated rings. The quantitative estimate of drug-likeness (QED) is 0.187. The average molecular weight is 670 g/mol. The van der Waals surface area contributed by atoms with E-state index in [0.717, 1.165) is 39.2 Å². The highest BCUT2D eigenvalue weighted by atomic mass is 32.1. The Bertz CT molecular complexity index is 3060. The van der Waals surface area contributed by atoms with Crippen molar-refractivity contribution in [3.8, 4) is 39.5 Å². The molecule has 0 spiro atoms. The molecule has 10 aromatic rings. The molecule has 3 heterocycles. The zero-order chi connectivity index (χ0) is 33.8. The molecule has 3 nitrogen and oxygen atoms in total. The number of nitrogens with zero attached hydrogens (tertiary/aromatic N) is 3. The molecule has 1 aliphatic carbocycles. The van der Waals surface area contributed by atoms with Crippen molar-refractivity contribution in [2.75, 3.05) is 0 Å². The molecule has 51 heavy (non-hydrogen) atoms. The van der Waals surface area contributed by atoms with Crippen molar-refractivity contribution in [1.29, 1.82) is 0 Å². The van der Waals surface area contributed by atoms with E-state index in [-0.39, 0.29) is 5.41 Å². The maximum Gasteiger partial charge on any atom is 0.160 e. The minimum Gasteiger partial charge on any atom is -0.308 e. The Morgan fingerprint density at radius 1 is 0.588 bits per heavy atom. The summed E-state index contributed by atoms with van der Waals surface area (Å²) in [5.74, 6) is 0.722. The van der Waals surface area contributed by atoms with Gasteiger partial charge in [-0.1, -0.05) is 135 Å². The largest absolute Gasteiger partial charge is 0.308 e. The number of aromatic nitrogens is 3. The summed E-state index contributed by atoms with van der Waals surface area (Å²) in [4.78, 5) is 10.4. The molecule has 4 heteroatoms. The Labute approximate surface area is 299 Å². The standard InChI is InChI=1S/C47H31N3S/c1-47(2)35-23-10-6-19-31(35)39-40-34-22-9-13-26-38(34)51-45(40)44-41(42(39)47)33-21-8-12-25-37(33)50(44)30-18-14-17-29(27-30)46-48-36-24-11-7-20-32(36)43(49-46)28-15-4-3-5-16-28/h3-27H,1-2H3. The first-order chi connectivity index (χ1) is 25.1. The Kier molecular flexibility index (Phi) is 5.89. The molecule has 0 radical (unpaired) electrons. The van der Waals surface area contributed by atoms with Gasteiger partial charge in [-0.05, 0) is 52.6 Å². The van der Waals surface area contributed by atoms with Gasteiger partial charge in [0, 0.05) is 53.9 Å². The third-order valence-corrected chi connectivity index (χ3v) is 12.1. The number of thiophene rings is 1. The van der Waals surface area contributed by atoms with Crippen molar-refractivity contribution in [1.82, 2.24) is 14.5 Å². The van der Waals surface area contributed by atoms with Crippen LogP contribution in [0, 0.1) is 0 Å². The summed E-state index contributed by atoms with van der Waals surface area (Å²) in [5.41, 5.74) is 12.9. The van der Waals surface area contributed by atoms with Gasteiger partial charge < -0.3 is 4.57 Å². The highest BCUT2D eigenvalue weighted by Gasteiger charge is 2.40. The van der Waals surface area contributed by atoms with Gasteiger partial charge in [-0.15, -0.1) is 11.3 Å². The van der Waals surface area contributed by atoms with Crippen LogP contribution in [0.5, 0.6) is 0 Å². The molecule has 0 amide bonds. The van der Waals surface area contributed by atoms with E-state index in [1.54, 1.807) is 0 Å². The molecule has 0 saturated carbocycles. The van der Waals surface area contributed by atoms with E-state index >= 15 is 0 Å². The van der Waals surface area contributed by atoms with Crippen LogP contribution in [0.25, 0.3) is 92.3 Å². The van der Waals surface area contributed by atoms with Crippen LogP contribution in [0.1, 0.15) is 25.0 Å². The molecule has 0 bridgehead atoms. The minimum atomic E-state index is -0.176. The molecule has 0 saturated heterocycles. The maximum atomic E-state index is 5.24. The number of hydrogen-bond donors (Lipinski definition) is 0. The van der Waals surface area contributed by atoms with E-state index in [2.05, 4.69) is 164 Å². The lowest BCUT2D eigenvalue weighted by Gasteiger charge is -2.23. The monoisotopic (exact) mass is 669 g/mol. The first kappa shape index (κ1) is 28.7.